The Morgan fingerprint density at radius 2 is 2.15 bits per heavy atom. The first-order chi connectivity index (χ1) is 16.5. The lowest BCUT2D eigenvalue weighted by atomic mass is 9.92. The molecule has 2 N–H and O–H groups in total. The van der Waals surface area contributed by atoms with Crippen molar-refractivity contribution in [3.63, 3.8) is 0 Å². The third kappa shape index (κ3) is 4.23. The number of likely N-dealkylation sites (N-methyl/N-ethyl adjacent to an activating group) is 1. The molecule has 3 heterocycles. The zero-order valence-corrected chi connectivity index (χ0v) is 19.7. The zero-order valence-electron chi connectivity index (χ0n) is 19.7. The van der Waals surface area contributed by atoms with E-state index in [-0.39, 0.29) is 11.9 Å². The van der Waals surface area contributed by atoms with Gasteiger partial charge in [-0.3, -0.25) is 9.69 Å². The smallest absolute Gasteiger partial charge is 0.246 e. The number of fused-ring (bicyclic) bond motifs is 1. The lowest BCUT2D eigenvalue weighted by molar-refractivity contribution is -0.125. The van der Waals surface area contributed by atoms with E-state index in [0.29, 0.717) is 30.6 Å². The number of hydrogen-bond donors (Lipinski definition) is 1. The van der Waals surface area contributed by atoms with Gasteiger partial charge in [-0.05, 0) is 38.4 Å². The fourth-order valence-corrected chi connectivity index (χ4v) is 4.77. The van der Waals surface area contributed by atoms with Crippen LogP contribution in [0.15, 0.2) is 42.7 Å². The topological polar surface area (TPSA) is 102 Å². The van der Waals surface area contributed by atoms with Gasteiger partial charge in [-0.2, -0.15) is 5.10 Å². The number of carbonyl (C=O) groups excluding carboxylic acids is 1. The zero-order chi connectivity index (χ0) is 23.7. The molecule has 9 nitrogen and oxygen atoms in total. The molecule has 2 fully saturated rings. The van der Waals surface area contributed by atoms with Crippen molar-refractivity contribution in [3.8, 4) is 17.0 Å². The van der Waals surface area contributed by atoms with E-state index >= 15 is 0 Å². The number of hydrogen-bond acceptors (Lipinski definition) is 7. The SMILES string of the molecule is COc1cccc(-c2nn([C@@H]3CCN(C(=O)/C=C/CN(C)C4CCC4)C3)c3ncnc(N)c23)c1. The third-order valence-electron chi connectivity index (χ3n) is 7.03. The van der Waals surface area contributed by atoms with Crippen LogP contribution >= 0.6 is 0 Å². The molecule has 1 aromatic carbocycles. The van der Waals surface area contributed by atoms with Gasteiger partial charge in [0.25, 0.3) is 0 Å². The van der Waals surface area contributed by atoms with Crippen LogP contribution in [0.3, 0.4) is 0 Å². The fourth-order valence-electron chi connectivity index (χ4n) is 4.77. The van der Waals surface area contributed by atoms with Gasteiger partial charge in [0, 0.05) is 37.3 Å². The molecule has 0 radical (unpaired) electrons. The number of nitrogen functional groups attached to an aromatic ring is 1. The summed E-state index contributed by atoms with van der Waals surface area (Å²) in [7, 11) is 3.76. The number of rotatable bonds is 7. The van der Waals surface area contributed by atoms with Gasteiger partial charge in [0.15, 0.2) is 5.65 Å². The molecule has 9 heteroatoms. The van der Waals surface area contributed by atoms with Crippen molar-refractivity contribution in [2.75, 3.05) is 39.5 Å². The van der Waals surface area contributed by atoms with Crippen molar-refractivity contribution in [2.24, 2.45) is 0 Å². The van der Waals surface area contributed by atoms with Crippen LogP contribution in [0.5, 0.6) is 5.75 Å². The molecule has 0 spiro atoms. The average Bonchev–Trinajstić information content (AvgIpc) is 3.44. The van der Waals surface area contributed by atoms with Crippen molar-refractivity contribution in [3.05, 3.63) is 42.7 Å². The van der Waals surface area contributed by atoms with Gasteiger partial charge < -0.3 is 15.4 Å². The van der Waals surface area contributed by atoms with Crippen molar-refractivity contribution >= 4 is 22.8 Å². The van der Waals surface area contributed by atoms with E-state index in [4.69, 9.17) is 15.6 Å². The Balaban J connectivity index is 1.35. The molecule has 0 unspecified atom stereocenters. The molecular formula is C25H31N7O2. The number of ether oxygens (including phenoxy) is 1. The molecular weight excluding hydrogens is 430 g/mol. The minimum absolute atomic E-state index is 0.0196. The molecule has 2 aromatic heterocycles. The van der Waals surface area contributed by atoms with E-state index in [1.54, 1.807) is 13.2 Å². The van der Waals surface area contributed by atoms with Crippen molar-refractivity contribution in [2.45, 2.75) is 37.8 Å². The van der Waals surface area contributed by atoms with Gasteiger partial charge in [-0.15, -0.1) is 0 Å². The van der Waals surface area contributed by atoms with Gasteiger partial charge in [-0.25, -0.2) is 14.6 Å². The van der Waals surface area contributed by atoms with E-state index in [0.717, 1.165) is 35.4 Å². The predicted octanol–water partition coefficient (Wildman–Crippen LogP) is 2.90. The quantitative estimate of drug-likeness (QED) is 0.540. The monoisotopic (exact) mass is 461 g/mol. The fraction of sp³-hybridized carbons (Fsp3) is 0.440. The molecule has 5 rings (SSSR count). The van der Waals surface area contributed by atoms with Crippen LogP contribution in [0, 0.1) is 0 Å². The highest BCUT2D eigenvalue weighted by molar-refractivity contribution is 5.98. The van der Waals surface area contributed by atoms with Crippen molar-refractivity contribution < 1.29 is 9.53 Å². The maximum absolute atomic E-state index is 12.8. The van der Waals surface area contributed by atoms with Crippen LogP contribution in [0.4, 0.5) is 5.82 Å². The third-order valence-corrected chi connectivity index (χ3v) is 7.03. The highest BCUT2D eigenvalue weighted by Gasteiger charge is 2.30. The van der Waals surface area contributed by atoms with E-state index < -0.39 is 0 Å². The Morgan fingerprint density at radius 3 is 2.91 bits per heavy atom. The number of anilines is 1. The summed E-state index contributed by atoms with van der Waals surface area (Å²) in [6.07, 6.45) is 9.79. The predicted molar refractivity (Wildman–Crippen MR) is 131 cm³/mol. The van der Waals surface area contributed by atoms with Crippen LogP contribution in [-0.4, -0.2) is 75.3 Å². The summed E-state index contributed by atoms with van der Waals surface area (Å²) in [4.78, 5) is 25.7. The maximum atomic E-state index is 12.8. The highest BCUT2D eigenvalue weighted by Crippen LogP contribution is 2.35. The summed E-state index contributed by atoms with van der Waals surface area (Å²) in [6, 6.07) is 8.39. The summed E-state index contributed by atoms with van der Waals surface area (Å²) < 4.78 is 7.29. The van der Waals surface area contributed by atoms with Crippen molar-refractivity contribution in [1.82, 2.24) is 29.5 Å². The summed E-state index contributed by atoms with van der Waals surface area (Å²) in [5.74, 6) is 1.17. The largest absolute Gasteiger partial charge is 0.497 e. The molecule has 1 amide bonds. The molecule has 1 atom stereocenters. The molecule has 34 heavy (non-hydrogen) atoms. The first-order valence-electron chi connectivity index (χ1n) is 11.8. The summed E-state index contributed by atoms with van der Waals surface area (Å²) in [5, 5.41) is 5.63. The number of nitrogens with zero attached hydrogens (tertiary/aromatic N) is 6. The van der Waals surface area contributed by atoms with Gasteiger partial charge in [0.2, 0.25) is 5.91 Å². The van der Waals surface area contributed by atoms with Gasteiger partial charge in [0.1, 0.15) is 23.6 Å². The summed E-state index contributed by atoms with van der Waals surface area (Å²) in [6.45, 7) is 2.07. The number of amides is 1. The Bertz CT molecular complexity index is 1220. The van der Waals surface area contributed by atoms with E-state index in [9.17, 15) is 4.79 Å². The second-order valence-corrected chi connectivity index (χ2v) is 9.14. The average molecular weight is 462 g/mol. The van der Waals surface area contributed by atoms with Crippen molar-refractivity contribution in [1.29, 1.82) is 0 Å². The minimum Gasteiger partial charge on any atom is -0.497 e. The molecule has 1 aliphatic carbocycles. The first-order valence-corrected chi connectivity index (χ1v) is 11.8. The highest BCUT2D eigenvalue weighted by atomic mass is 16.5. The standard InChI is InChI=1S/C25H31N7O2/c1-30(18-7-4-8-18)12-5-10-21(33)31-13-11-19(15-31)32-25-22(24(26)27-16-28-25)23(29-32)17-6-3-9-20(14-17)34-2/h3,5-6,9-10,14,16,18-19H,4,7-8,11-13,15H2,1-2H3,(H2,26,27,28)/b10-5+/t19-/m1/s1. The number of aromatic nitrogens is 4. The Kier molecular flexibility index (Phi) is 6.19. The summed E-state index contributed by atoms with van der Waals surface area (Å²) in [5.41, 5.74) is 8.54. The second-order valence-electron chi connectivity index (χ2n) is 9.14. The number of benzene rings is 1. The molecule has 0 bridgehead atoms. The van der Waals surface area contributed by atoms with E-state index in [1.165, 1.54) is 25.6 Å². The van der Waals surface area contributed by atoms with E-state index in [1.807, 2.05) is 39.9 Å². The molecule has 2 aliphatic rings. The lowest BCUT2D eigenvalue weighted by Crippen LogP contribution is -2.37. The second kappa shape index (κ2) is 9.42. The Morgan fingerprint density at radius 1 is 1.29 bits per heavy atom. The van der Waals surface area contributed by atoms with Crippen LogP contribution in [0.1, 0.15) is 31.7 Å². The van der Waals surface area contributed by atoms with Crippen LogP contribution in [-0.2, 0) is 4.79 Å². The number of nitrogens with two attached hydrogens (primary N) is 1. The first kappa shape index (κ1) is 22.3. The lowest BCUT2D eigenvalue weighted by Gasteiger charge is -2.33. The number of carbonyl (C=O) groups is 1. The normalized spacial score (nSPS) is 18.8. The molecule has 1 aliphatic heterocycles. The van der Waals surface area contributed by atoms with Crippen LogP contribution in [0.2, 0.25) is 0 Å². The Labute approximate surface area is 199 Å². The van der Waals surface area contributed by atoms with Gasteiger partial charge >= 0.3 is 0 Å². The number of methoxy groups -OCH3 is 1. The number of likely N-dealkylation sites (tertiary alicyclic amines) is 1. The molecule has 1 saturated heterocycles. The molecule has 3 aromatic rings. The van der Waals surface area contributed by atoms with Crippen LogP contribution < -0.4 is 10.5 Å². The van der Waals surface area contributed by atoms with E-state index in [2.05, 4.69) is 21.9 Å². The van der Waals surface area contributed by atoms with Gasteiger partial charge in [0.05, 0.1) is 18.5 Å². The minimum atomic E-state index is 0.0196. The summed E-state index contributed by atoms with van der Waals surface area (Å²) >= 11 is 0. The van der Waals surface area contributed by atoms with Gasteiger partial charge in [-0.1, -0.05) is 24.6 Å². The van der Waals surface area contributed by atoms with Crippen LogP contribution in [0.25, 0.3) is 22.3 Å². The maximum Gasteiger partial charge on any atom is 0.246 e. The Hall–Kier alpha value is -3.46. The molecule has 1 saturated carbocycles. The molecule has 178 valence electrons.